The van der Waals surface area contributed by atoms with Crippen molar-refractivity contribution in [3.05, 3.63) is 0 Å². The number of hydrogen-bond acceptors (Lipinski definition) is 3. The van der Waals surface area contributed by atoms with Crippen LogP contribution in [-0.2, 0) is 4.74 Å². The van der Waals surface area contributed by atoms with Crippen LogP contribution in [0.5, 0.6) is 0 Å². The van der Waals surface area contributed by atoms with Crippen LogP contribution in [-0.4, -0.2) is 49.3 Å². The molecule has 2 rings (SSSR count). The minimum Gasteiger partial charge on any atom is -0.381 e. The second-order valence-corrected chi connectivity index (χ2v) is 8.64. The van der Waals surface area contributed by atoms with E-state index in [1.54, 1.807) is 0 Å². The quantitative estimate of drug-likeness (QED) is 0.842. The van der Waals surface area contributed by atoms with Crippen LogP contribution in [0.4, 0.5) is 0 Å². The lowest BCUT2D eigenvalue weighted by atomic mass is 9.78. The Kier molecular flexibility index (Phi) is 5.72. The van der Waals surface area contributed by atoms with Crippen LogP contribution in [0.15, 0.2) is 0 Å². The van der Waals surface area contributed by atoms with E-state index in [1.165, 1.54) is 38.8 Å². The van der Waals surface area contributed by atoms with E-state index in [-0.39, 0.29) is 5.54 Å². The lowest BCUT2D eigenvalue weighted by Crippen LogP contribution is -2.52. The molecule has 0 spiro atoms. The van der Waals surface area contributed by atoms with Crippen LogP contribution in [0.3, 0.4) is 0 Å². The molecular weight excluding hydrogens is 260 g/mol. The molecule has 0 saturated carbocycles. The van der Waals surface area contributed by atoms with Gasteiger partial charge in [0.1, 0.15) is 0 Å². The number of hydrogen-bond donors (Lipinski definition) is 1. The summed E-state index contributed by atoms with van der Waals surface area (Å²) in [5, 5.41) is 3.77. The summed E-state index contributed by atoms with van der Waals surface area (Å²) < 4.78 is 5.65. The predicted octanol–water partition coefficient (Wildman–Crippen LogP) is 3.29. The minimum absolute atomic E-state index is 0.202. The van der Waals surface area contributed by atoms with Crippen molar-refractivity contribution in [3.63, 3.8) is 0 Å². The van der Waals surface area contributed by atoms with Crippen LogP contribution >= 0.6 is 0 Å². The average Bonchev–Trinajstić information content (AvgIpc) is 2.85. The first-order chi connectivity index (χ1) is 9.81. The Morgan fingerprint density at radius 2 is 1.90 bits per heavy atom. The van der Waals surface area contributed by atoms with Gasteiger partial charge >= 0.3 is 0 Å². The first-order valence-electron chi connectivity index (χ1n) is 8.88. The third-order valence-electron chi connectivity index (χ3n) is 5.27. The minimum atomic E-state index is 0.202. The summed E-state index contributed by atoms with van der Waals surface area (Å²) in [7, 11) is 0. The summed E-state index contributed by atoms with van der Waals surface area (Å²) in [5.74, 6) is 0.778. The van der Waals surface area contributed by atoms with E-state index >= 15 is 0 Å². The van der Waals surface area contributed by atoms with Gasteiger partial charge in [-0.1, -0.05) is 13.8 Å². The second kappa shape index (κ2) is 6.97. The second-order valence-electron chi connectivity index (χ2n) is 8.64. The summed E-state index contributed by atoms with van der Waals surface area (Å²) in [6.45, 7) is 17.1. The molecule has 2 aliphatic heterocycles. The van der Waals surface area contributed by atoms with Gasteiger partial charge in [-0.15, -0.1) is 0 Å². The van der Waals surface area contributed by atoms with Crippen LogP contribution in [0.1, 0.15) is 60.3 Å². The molecule has 0 aliphatic carbocycles. The molecule has 2 fully saturated rings. The normalized spacial score (nSPS) is 27.4. The smallest absolute Gasteiger partial charge is 0.0472 e. The zero-order valence-electron chi connectivity index (χ0n) is 14.9. The van der Waals surface area contributed by atoms with E-state index in [9.17, 15) is 0 Å². The number of nitrogens with zero attached hydrogens (tertiary/aromatic N) is 1. The molecule has 3 heteroatoms. The molecule has 2 aliphatic rings. The third kappa shape index (κ3) is 4.94. The fraction of sp³-hybridized carbons (Fsp3) is 1.00. The molecule has 0 amide bonds. The zero-order chi connectivity index (χ0) is 15.5. The highest BCUT2D eigenvalue weighted by Gasteiger charge is 2.38. The van der Waals surface area contributed by atoms with Crippen LogP contribution in [0.25, 0.3) is 0 Å². The van der Waals surface area contributed by atoms with E-state index in [0.29, 0.717) is 5.41 Å². The van der Waals surface area contributed by atoms with Gasteiger partial charge in [-0.25, -0.2) is 0 Å². The van der Waals surface area contributed by atoms with Crippen molar-refractivity contribution in [1.29, 1.82) is 0 Å². The van der Waals surface area contributed by atoms with Crippen molar-refractivity contribution in [2.75, 3.05) is 32.8 Å². The molecule has 0 aromatic heterocycles. The molecule has 3 nitrogen and oxygen atoms in total. The monoisotopic (exact) mass is 296 g/mol. The van der Waals surface area contributed by atoms with Crippen molar-refractivity contribution in [1.82, 2.24) is 10.2 Å². The van der Waals surface area contributed by atoms with Gasteiger partial charge < -0.3 is 10.1 Å². The maximum atomic E-state index is 5.65. The van der Waals surface area contributed by atoms with Gasteiger partial charge in [-0.2, -0.15) is 0 Å². The Morgan fingerprint density at radius 1 is 1.24 bits per heavy atom. The van der Waals surface area contributed by atoms with Gasteiger partial charge in [0.25, 0.3) is 0 Å². The van der Waals surface area contributed by atoms with E-state index in [1.807, 2.05) is 0 Å². The molecule has 21 heavy (non-hydrogen) atoms. The summed E-state index contributed by atoms with van der Waals surface area (Å²) >= 11 is 0. The fourth-order valence-electron chi connectivity index (χ4n) is 3.88. The van der Waals surface area contributed by atoms with E-state index in [0.717, 1.165) is 31.7 Å². The number of rotatable bonds is 5. The van der Waals surface area contributed by atoms with Crippen molar-refractivity contribution in [2.45, 2.75) is 71.9 Å². The zero-order valence-corrected chi connectivity index (χ0v) is 14.9. The van der Waals surface area contributed by atoms with Gasteiger partial charge in [0.15, 0.2) is 0 Å². The maximum Gasteiger partial charge on any atom is 0.0472 e. The van der Waals surface area contributed by atoms with Gasteiger partial charge in [0.05, 0.1) is 0 Å². The maximum absolute atomic E-state index is 5.65. The van der Waals surface area contributed by atoms with E-state index in [4.69, 9.17) is 4.74 Å². The van der Waals surface area contributed by atoms with Gasteiger partial charge in [-0.05, 0) is 64.3 Å². The van der Waals surface area contributed by atoms with Gasteiger partial charge in [0.2, 0.25) is 0 Å². The molecule has 1 N–H and O–H groups in total. The largest absolute Gasteiger partial charge is 0.381 e. The SMILES string of the molecule is CC(C)C1CCCN1CC1(CNC(C)(C)C)CCOCC1. The van der Waals surface area contributed by atoms with Crippen LogP contribution in [0.2, 0.25) is 0 Å². The molecule has 0 aromatic rings. The van der Waals surface area contributed by atoms with Crippen molar-refractivity contribution < 1.29 is 4.74 Å². The molecule has 0 radical (unpaired) electrons. The number of ether oxygens (including phenoxy) is 1. The average molecular weight is 296 g/mol. The van der Waals surface area contributed by atoms with Gasteiger partial charge in [0, 0.05) is 37.9 Å². The van der Waals surface area contributed by atoms with Crippen molar-refractivity contribution in [3.8, 4) is 0 Å². The summed E-state index contributed by atoms with van der Waals surface area (Å²) in [6.07, 6.45) is 5.17. The fourth-order valence-corrected chi connectivity index (χ4v) is 3.88. The van der Waals surface area contributed by atoms with Gasteiger partial charge in [-0.3, -0.25) is 4.90 Å². The van der Waals surface area contributed by atoms with Crippen molar-refractivity contribution in [2.24, 2.45) is 11.3 Å². The number of nitrogens with one attached hydrogen (secondary N) is 1. The predicted molar refractivity (Wildman–Crippen MR) is 89.7 cm³/mol. The first-order valence-corrected chi connectivity index (χ1v) is 8.88. The lowest BCUT2D eigenvalue weighted by molar-refractivity contribution is -0.0119. The number of likely N-dealkylation sites (tertiary alicyclic amines) is 1. The Bertz CT molecular complexity index is 316. The molecule has 2 heterocycles. The Morgan fingerprint density at radius 3 is 2.48 bits per heavy atom. The summed E-state index contributed by atoms with van der Waals surface area (Å²) in [6, 6.07) is 0.791. The van der Waals surface area contributed by atoms with Crippen LogP contribution in [0, 0.1) is 11.3 Å². The molecule has 1 unspecified atom stereocenters. The Balaban J connectivity index is 2.01. The summed E-state index contributed by atoms with van der Waals surface area (Å²) in [4.78, 5) is 2.78. The summed E-state index contributed by atoms with van der Waals surface area (Å²) in [5.41, 5.74) is 0.608. The van der Waals surface area contributed by atoms with Crippen molar-refractivity contribution >= 4 is 0 Å². The first kappa shape index (κ1) is 17.2. The molecular formula is C18H36N2O. The molecule has 0 bridgehead atoms. The Hall–Kier alpha value is -0.120. The van der Waals surface area contributed by atoms with E-state index < -0.39 is 0 Å². The molecule has 1 atom stereocenters. The molecule has 0 aromatic carbocycles. The Labute approximate surface area is 131 Å². The topological polar surface area (TPSA) is 24.5 Å². The molecule has 124 valence electrons. The third-order valence-corrected chi connectivity index (χ3v) is 5.27. The standard InChI is InChI=1S/C18H36N2O/c1-15(2)16-7-6-10-20(16)14-18(8-11-21-12-9-18)13-19-17(3,4)5/h15-16,19H,6-14H2,1-5H3. The lowest BCUT2D eigenvalue weighted by Gasteiger charge is -2.44. The highest BCUT2D eigenvalue weighted by atomic mass is 16.5. The van der Waals surface area contributed by atoms with E-state index in [2.05, 4.69) is 44.8 Å². The molecule has 2 saturated heterocycles. The highest BCUT2D eigenvalue weighted by molar-refractivity contribution is 4.93. The van der Waals surface area contributed by atoms with Crippen LogP contribution < -0.4 is 5.32 Å². The highest BCUT2D eigenvalue weighted by Crippen LogP contribution is 2.35.